The molecule has 0 amide bonds. The second-order valence-electron chi connectivity index (χ2n) is 7.02. The van der Waals surface area contributed by atoms with E-state index in [2.05, 4.69) is 0 Å². The minimum atomic E-state index is -0.900. The van der Waals surface area contributed by atoms with Crippen molar-refractivity contribution in [2.45, 2.75) is 31.3 Å². The number of fused-ring (bicyclic) bond motifs is 1. The summed E-state index contributed by atoms with van der Waals surface area (Å²) in [5, 5.41) is 0. The molecule has 154 valence electrons. The van der Waals surface area contributed by atoms with Gasteiger partial charge in [0.2, 0.25) is 0 Å². The summed E-state index contributed by atoms with van der Waals surface area (Å²) >= 11 is 0. The molecule has 1 heterocycles. The van der Waals surface area contributed by atoms with Crippen LogP contribution in [-0.2, 0) is 23.7 Å². The van der Waals surface area contributed by atoms with Gasteiger partial charge in [0, 0.05) is 12.5 Å². The molecule has 2 aromatic carbocycles. The van der Waals surface area contributed by atoms with E-state index in [4.69, 9.17) is 18.9 Å². The highest BCUT2D eigenvalue weighted by molar-refractivity contribution is 5.90. The van der Waals surface area contributed by atoms with Crippen molar-refractivity contribution in [1.29, 1.82) is 0 Å². The summed E-state index contributed by atoms with van der Waals surface area (Å²) in [6, 6.07) is 17.1. The Morgan fingerprint density at radius 3 is 2.07 bits per heavy atom. The zero-order valence-electron chi connectivity index (χ0n) is 16.2. The van der Waals surface area contributed by atoms with Crippen LogP contribution in [0.1, 0.15) is 27.6 Å². The molecule has 2 aliphatic rings. The lowest BCUT2D eigenvalue weighted by molar-refractivity contribution is -0.151. The van der Waals surface area contributed by atoms with E-state index >= 15 is 0 Å². The van der Waals surface area contributed by atoms with Gasteiger partial charge < -0.3 is 18.9 Å². The molecule has 1 aliphatic carbocycles. The number of esters is 3. The molecule has 0 unspecified atom stereocenters. The first-order valence-electron chi connectivity index (χ1n) is 9.54. The van der Waals surface area contributed by atoms with E-state index in [9.17, 15) is 14.4 Å². The summed E-state index contributed by atoms with van der Waals surface area (Å²) in [4.78, 5) is 36.5. The normalized spacial score (nSPS) is 24.1. The molecule has 0 aromatic heterocycles. The van der Waals surface area contributed by atoms with Gasteiger partial charge in [0.05, 0.1) is 11.1 Å². The lowest BCUT2D eigenvalue weighted by Gasteiger charge is -2.29. The van der Waals surface area contributed by atoms with E-state index in [1.54, 1.807) is 66.7 Å². The van der Waals surface area contributed by atoms with Crippen LogP contribution in [0.4, 0.5) is 0 Å². The molecule has 0 N–H and O–H groups in total. The summed E-state index contributed by atoms with van der Waals surface area (Å²) in [6.45, 7) is 1.15. The molecule has 4 atom stereocenters. The molecule has 7 heteroatoms. The van der Waals surface area contributed by atoms with E-state index in [0.717, 1.165) is 0 Å². The molecular weight excluding hydrogens is 388 g/mol. The zero-order chi connectivity index (χ0) is 21.1. The largest absolute Gasteiger partial charge is 0.457 e. The van der Waals surface area contributed by atoms with Gasteiger partial charge in [-0.05, 0) is 30.3 Å². The number of rotatable bonds is 6. The number of hydrogen-bond donors (Lipinski definition) is 0. The van der Waals surface area contributed by atoms with Crippen LogP contribution < -0.4 is 0 Å². The number of ether oxygens (including phenoxy) is 4. The van der Waals surface area contributed by atoms with Gasteiger partial charge in [-0.1, -0.05) is 36.4 Å². The first-order chi connectivity index (χ1) is 14.5. The maximum atomic E-state index is 12.5. The molecule has 7 nitrogen and oxygen atoms in total. The van der Waals surface area contributed by atoms with Crippen molar-refractivity contribution < 1.29 is 33.3 Å². The minimum absolute atomic E-state index is 0.113. The van der Waals surface area contributed by atoms with Crippen molar-refractivity contribution in [3.8, 4) is 0 Å². The van der Waals surface area contributed by atoms with Crippen molar-refractivity contribution in [1.82, 2.24) is 0 Å². The third-order valence-electron chi connectivity index (χ3n) is 4.85. The molecule has 1 fully saturated rings. The third-order valence-corrected chi connectivity index (χ3v) is 4.85. The highest BCUT2D eigenvalue weighted by Gasteiger charge is 2.55. The molecule has 0 bridgehead atoms. The second-order valence-corrected chi connectivity index (χ2v) is 7.02. The molecule has 0 saturated carbocycles. The molecule has 1 saturated heterocycles. The maximum absolute atomic E-state index is 12.5. The molecule has 30 heavy (non-hydrogen) atoms. The number of carbonyl (C=O) groups is 3. The van der Waals surface area contributed by atoms with Gasteiger partial charge in [-0.2, -0.15) is 0 Å². The van der Waals surface area contributed by atoms with Crippen LogP contribution in [0.5, 0.6) is 0 Å². The van der Waals surface area contributed by atoms with Gasteiger partial charge in [0.25, 0.3) is 0 Å². The number of hydrogen-bond acceptors (Lipinski definition) is 7. The Labute approximate surface area is 173 Å². The lowest BCUT2D eigenvalue weighted by atomic mass is 9.93. The van der Waals surface area contributed by atoms with Gasteiger partial charge in [-0.25, -0.2) is 9.59 Å². The standard InChI is InChI=1S/C23H20O7/c1-14(24)28-19-17(13-27-22(25)15-8-4-2-5-9-15)12-18-20(29-18)21(19)30-23(26)16-10-6-3-7-11-16/h2-12,18-21H,13H2,1H3/t18-,19-,20-,21-/m1/s1. The lowest BCUT2D eigenvalue weighted by Crippen LogP contribution is -2.44. The summed E-state index contributed by atoms with van der Waals surface area (Å²) in [6.07, 6.45) is -0.667. The van der Waals surface area contributed by atoms with Crippen LogP contribution in [0.3, 0.4) is 0 Å². The van der Waals surface area contributed by atoms with Crippen molar-refractivity contribution in [3.05, 3.63) is 83.4 Å². The Morgan fingerprint density at radius 2 is 1.47 bits per heavy atom. The SMILES string of the molecule is CC(=O)O[C@@H]1C(COC(=O)c2ccccc2)=C[C@H]2O[C@H]2[C@@H]1OC(=O)c1ccccc1. The van der Waals surface area contributed by atoms with Crippen LogP contribution in [0.2, 0.25) is 0 Å². The van der Waals surface area contributed by atoms with Gasteiger partial charge in [-0.15, -0.1) is 0 Å². The molecule has 0 spiro atoms. The third kappa shape index (κ3) is 4.41. The van der Waals surface area contributed by atoms with E-state index in [1.165, 1.54) is 6.92 Å². The average molecular weight is 408 g/mol. The van der Waals surface area contributed by atoms with Crippen molar-refractivity contribution in [2.24, 2.45) is 0 Å². The Balaban J connectivity index is 1.49. The maximum Gasteiger partial charge on any atom is 0.338 e. The van der Waals surface area contributed by atoms with Crippen LogP contribution in [0.25, 0.3) is 0 Å². The molecule has 2 aromatic rings. The van der Waals surface area contributed by atoms with Gasteiger partial charge in [-0.3, -0.25) is 4.79 Å². The summed E-state index contributed by atoms with van der Waals surface area (Å²) in [5.74, 6) is -1.59. The van der Waals surface area contributed by atoms with Gasteiger partial charge >= 0.3 is 17.9 Å². The first-order valence-corrected chi connectivity index (χ1v) is 9.54. The highest BCUT2D eigenvalue weighted by Crippen LogP contribution is 2.39. The van der Waals surface area contributed by atoms with Crippen molar-refractivity contribution in [2.75, 3.05) is 6.61 Å². The smallest absolute Gasteiger partial charge is 0.338 e. The topological polar surface area (TPSA) is 91.4 Å². The fourth-order valence-electron chi connectivity index (χ4n) is 3.38. The van der Waals surface area contributed by atoms with Gasteiger partial charge in [0.15, 0.2) is 12.2 Å². The average Bonchev–Trinajstić information content (AvgIpc) is 3.54. The molecule has 0 radical (unpaired) electrons. The summed E-state index contributed by atoms with van der Waals surface area (Å²) in [5.41, 5.74) is 1.30. The van der Waals surface area contributed by atoms with Crippen LogP contribution in [0, 0.1) is 0 Å². The van der Waals surface area contributed by atoms with E-state index < -0.39 is 36.2 Å². The van der Waals surface area contributed by atoms with E-state index in [1.807, 2.05) is 0 Å². The predicted molar refractivity (Wildman–Crippen MR) is 105 cm³/mol. The predicted octanol–water partition coefficient (Wildman–Crippen LogP) is 2.71. The van der Waals surface area contributed by atoms with E-state index in [-0.39, 0.29) is 12.7 Å². The first kappa shape index (κ1) is 19.8. The Bertz CT molecular complexity index is 968. The fourth-order valence-corrected chi connectivity index (χ4v) is 3.38. The van der Waals surface area contributed by atoms with Crippen LogP contribution >= 0.6 is 0 Å². The van der Waals surface area contributed by atoms with Crippen LogP contribution in [-0.4, -0.2) is 48.9 Å². The molecule has 1 aliphatic heterocycles. The highest BCUT2D eigenvalue weighted by atomic mass is 16.6. The van der Waals surface area contributed by atoms with Gasteiger partial charge in [0.1, 0.15) is 18.8 Å². The quantitative estimate of drug-likeness (QED) is 0.314. The van der Waals surface area contributed by atoms with E-state index in [0.29, 0.717) is 16.7 Å². The summed E-state index contributed by atoms with van der Waals surface area (Å²) < 4.78 is 22.0. The number of benzene rings is 2. The number of epoxide rings is 1. The Hall–Kier alpha value is -3.45. The molecular formula is C23H20O7. The second kappa shape index (κ2) is 8.51. The Morgan fingerprint density at radius 1 is 0.867 bits per heavy atom. The minimum Gasteiger partial charge on any atom is -0.457 e. The Kier molecular flexibility index (Phi) is 5.63. The number of carbonyl (C=O) groups excluding carboxylic acids is 3. The van der Waals surface area contributed by atoms with Crippen LogP contribution in [0.15, 0.2) is 72.3 Å². The monoisotopic (exact) mass is 408 g/mol. The van der Waals surface area contributed by atoms with Crippen molar-refractivity contribution >= 4 is 17.9 Å². The molecule has 4 rings (SSSR count). The van der Waals surface area contributed by atoms with Crippen molar-refractivity contribution in [3.63, 3.8) is 0 Å². The fraction of sp³-hybridized carbons (Fsp3) is 0.261. The summed E-state index contributed by atoms with van der Waals surface area (Å²) in [7, 11) is 0. The zero-order valence-corrected chi connectivity index (χ0v) is 16.2.